The summed E-state index contributed by atoms with van der Waals surface area (Å²) in [5.74, 6) is 0.555. The highest BCUT2D eigenvalue weighted by Gasteiger charge is 2.40. The van der Waals surface area contributed by atoms with Crippen molar-refractivity contribution in [1.82, 2.24) is 14.5 Å². The van der Waals surface area contributed by atoms with E-state index in [1.54, 1.807) is 0 Å². The molecule has 5 rings (SSSR count). The van der Waals surface area contributed by atoms with Gasteiger partial charge in [-0.3, -0.25) is 9.59 Å². The molecule has 2 amide bonds. The monoisotopic (exact) mass is 452 g/mol. The summed E-state index contributed by atoms with van der Waals surface area (Å²) in [6.45, 7) is 6.42. The van der Waals surface area contributed by atoms with Crippen LogP contribution in [0.3, 0.4) is 0 Å². The van der Waals surface area contributed by atoms with Gasteiger partial charge in [-0.2, -0.15) is 0 Å². The molecule has 172 valence electrons. The highest BCUT2D eigenvalue weighted by Crippen LogP contribution is 2.37. The third-order valence-electron chi connectivity index (χ3n) is 6.66. The Morgan fingerprint density at radius 3 is 2.35 bits per heavy atom. The van der Waals surface area contributed by atoms with Crippen LogP contribution >= 0.6 is 0 Å². The molecule has 6 nitrogen and oxygen atoms in total. The lowest BCUT2D eigenvalue weighted by molar-refractivity contribution is -0.142. The van der Waals surface area contributed by atoms with Crippen molar-refractivity contribution in [3.05, 3.63) is 95.3 Å². The van der Waals surface area contributed by atoms with Gasteiger partial charge in [-0.05, 0) is 49.6 Å². The second-order valence-corrected chi connectivity index (χ2v) is 8.99. The molecule has 6 heteroatoms. The first-order valence-corrected chi connectivity index (χ1v) is 11.6. The Labute approximate surface area is 199 Å². The summed E-state index contributed by atoms with van der Waals surface area (Å²) in [5, 5.41) is 3.05. The fourth-order valence-electron chi connectivity index (χ4n) is 4.87. The molecule has 0 spiro atoms. The highest BCUT2D eigenvalue weighted by atomic mass is 16.2. The van der Waals surface area contributed by atoms with Crippen molar-refractivity contribution in [1.29, 1.82) is 0 Å². The molecule has 0 saturated heterocycles. The molecular formula is C28H28N4O2. The Balaban J connectivity index is 1.52. The topological polar surface area (TPSA) is 67.2 Å². The number of hydrogen-bond acceptors (Lipinski definition) is 3. The second-order valence-electron chi connectivity index (χ2n) is 8.99. The number of rotatable bonds is 5. The third-order valence-corrected chi connectivity index (χ3v) is 6.66. The average Bonchev–Trinajstić information content (AvgIpc) is 3.22. The molecule has 0 unspecified atom stereocenters. The fourth-order valence-corrected chi connectivity index (χ4v) is 4.87. The maximum atomic E-state index is 13.9. The van der Waals surface area contributed by atoms with E-state index in [0.717, 1.165) is 39.2 Å². The summed E-state index contributed by atoms with van der Waals surface area (Å²) < 4.78 is 1.97. The van der Waals surface area contributed by atoms with Crippen LogP contribution in [0.25, 0.3) is 11.0 Å². The Hall–Kier alpha value is -3.93. The van der Waals surface area contributed by atoms with Gasteiger partial charge in [0.2, 0.25) is 11.8 Å². The van der Waals surface area contributed by atoms with E-state index in [9.17, 15) is 9.59 Å². The molecule has 1 aromatic heterocycles. The lowest BCUT2D eigenvalue weighted by atomic mass is 10.0. The van der Waals surface area contributed by atoms with Crippen LogP contribution in [-0.2, 0) is 16.1 Å². The lowest BCUT2D eigenvalue weighted by Crippen LogP contribution is -2.45. The Bertz CT molecular complexity index is 1360. The normalized spacial score (nSPS) is 17.6. The van der Waals surface area contributed by atoms with Crippen molar-refractivity contribution in [2.45, 2.75) is 45.8 Å². The molecule has 34 heavy (non-hydrogen) atoms. The van der Waals surface area contributed by atoms with Gasteiger partial charge >= 0.3 is 0 Å². The summed E-state index contributed by atoms with van der Waals surface area (Å²) in [6, 6.07) is 22.8. The fraction of sp³-hybridized carbons (Fsp3) is 0.250. The van der Waals surface area contributed by atoms with E-state index >= 15 is 0 Å². The minimum atomic E-state index is -0.661. The van der Waals surface area contributed by atoms with Crippen LogP contribution in [0.15, 0.2) is 72.8 Å². The standard InChI is InChI=1S/C28H28N4O2/c1-18-10-9-11-19(2)26(18)30-25(33)16-24-28(34)31(17-21-12-5-4-6-13-21)20(3)27-29-22-14-7-8-15-23(22)32(24)27/h4-15,20,24H,16-17H2,1-3H3,(H,30,33)/t20-,24+/m0/s1. The summed E-state index contributed by atoms with van der Waals surface area (Å²) in [4.78, 5) is 33.8. The Morgan fingerprint density at radius 1 is 0.941 bits per heavy atom. The van der Waals surface area contributed by atoms with Gasteiger partial charge in [-0.1, -0.05) is 60.7 Å². The number of carbonyl (C=O) groups excluding carboxylic acids is 2. The average molecular weight is 453 g/mol. The van der Waals surface area contributed by atoms with Crippen LogP contribution < -0.4 is 5.32 Å². The first-order valence-electron chi connectivity index (χ1n) is 11.6. The van der Waals surface area contributed by atoms with E-state index in [4.69, 9.17) is 4.98 Å². The summed E-state index contributed by atoms with van der Waals surface area (Å²) in [6.07, 6.45) is 0.0397. The van der Waals surface area contributed by atoms with Crippen molar-refractivity contribution in [2.75, 3.05) is 5.32 Å². The number of amides is 2. The summed E-state index contributed by atoms with van der Waals surface area (Å²) in [7, 11) is 0. The SMILES string of the molecule is Cc1cccc(C)c1NC(=O)C[C@@H]1C(=O)N(Cc2ccccc2)[C@@H](C)c2nc3ccccc3n21. The van der Waals surface area contributed by atoms with Gasteiger partial charge in [-0.15, -0.1) is 0 Å². The number of fused-ring (bicyclic) bond motifs is 3. The van der Waals surface area contributed by atoms with Gasteiger partial charge in [0.05, 0.1) is 23.5 Å². The maximum absolute atomic E-state index is 13.9. The molecule has 1 N–H and O–H groups in total. The largest absolute Gasteiger partial charge is 0.327 e. The molecule has 2 atom stereocenters. The quantitative estimate of drug-likeness (QED) is 0.445. The van der Waals surface area contributed by atoms with Gasteiger partial charge in [0, 0.05) is 12.2 Å². The predicted octanol–water partition coefficient (Wildman–Crippen LogP) is 5.33. The van der Waals surface area contributed by atoms with Crippen molar-refractivity contribution < 1.29 is 9.59 Å². The van der Waals surface area contributed by atoms with E-state index in [0.29, 0.717) is 6.54 Å². The zero-order valence-corrected chi connectivity index (χ0v) is 19.7. The van der Waals surface area contributed by atoms with E-state index in [-0.39, 0.29) is 24.3 Å². The van der Waals surface area contributed by atoms with E-state index in [1.165, 1.54) is 0 Å². The molecule has 1 aliphatic heterocycles. The highest BCUT2D eigenvalue weighted by molar-refractivity contribution is 5.97. The minimum Gasteiger partial charge on any atom is -0.327 e. The van der Waals surface area contributed by atoms with Crippen LogP contribution in [0.5, 0.6) is 0 Å². The van der Waals surface area contributed by atoms with Gasteiger partial charge in [0.15, 0.2) is 0 Å². The molecule has 0 aliphatic carbocycles. The lowest BCUT2D eigenvalue weighted by Gasteiger charge is -2.38. The number of benzene rings is 3. The number of imidazole rings is 1. The molecule has 2 heterocycles. The van der Waals surface area contributed by atoms with E-state index in [1.807, 2.05) is 103 Å². The molecule has 0 radical (unpaired) electrons. The van der Waals surface area contributed by atoms with Crippen LogP contribution in [0.4, 0.5) is 5.69 Å². The predicted molar refractivity (Wildman–Crippen MR) is 133 cm³/mol. The molecule has 0 saturated carbocycles. The van der Waals surface area contributed by atoms with Gasteiger partial charge in [-0.25, -0.2) is 4.98 Å². The van der Waals surface area contributed by atoms with Crippen molar-refractivity contribution >= 4 is 28.5 Å². The van der Waals surface area contributed by atoms with E-state index < -0.39 is 6.04 Å². The van der Waals surface area contributed by atoms with Crippen molar-refractivity contribution in [3.63, 3.8) is 0 Å². The zero-order valence-electron chi connectivity index (χ0n) is 19.7. The molecule has 0 fully saturated rings. The van der Waals surface area contributed by atoms with Gasteiger partial charge in [0.25, 0.3) is 0 Å². The third kappa shape index (κ3) is 3.85. The number of nitrogens with one attached hydrogen (secondary N) is 1. The van der Waals surface area contributed by atoms with Gasteiger partial charge < -0.3 is 14.8 Å². The number of aromatic nitrogens is 2. The summed E-state index contributed by atoms with van der Waals surface area (Å²) >= 11 is 0. The number of carbonyl (C=O) groups is 2. The van der Waals surface area contributed by atoms with Crippen LogP contribution in [-0.4, -0.2) is 26.3 Å². The Kier molecular flexibility index (Phi) is 5.65. The second kappa shape index (κ2) is 8.78. The van der Waals surface area contributed by atoms with Gasteiger partial charge in [0.1, 0.15) is 11.9 Å². The van der Waals surface area contributed by atoms with Crippen LogP contribution in [0.1, 0.15) is 47.9 Å². The smallest absolute Gasteiger partial charge is 0.247 e. The number of para-hydroxylation sites is 3. The van der Waals surface area contributed by atoms with Crippen LogP contribution in [0, 0.1) is 13.8 Å². The number of aryl methyl sites for hydroxylation is 2. The van der Waals surface area contributed by atoms with Crippen molar-refractivity contribution in [3.8, 4) is 0 Å². The number of nitrogens with zero attached hydrogens (tertiary/aromatic N) is 3. The number of hydrogen-bond donors (Lipinski definition) is 1. The first kappa shape index (κ1) is 21.9. The first-order chi connectivity index (χ1) is 16.4. The summed E-state index contributed by atoms with van der Waals surface area (Å²) in [5.41, 5.74) is 5.56. The van der Waals surface area contributed by atoms with E-state index in [2.05, 4.69) is 5.32 Å². The molecule has 4 aromatic rings. The maximum Gasteiger partial charge on any atom is 0.247 e. The number of anilines is 1. The molecule has 0 bridgehead atoms. The van der Waals surface area contributed by atoms with Crippen molar-refractivity contribution in [2.24, 2.45) is 0 Å². The Morgan fingerprint density at radius 2 is 1.62 bits per heavy atom. The molecular weight excluding hydrogens is 424 g/mol. The molecule has 1 aliphatic rings. The van der Waals surface area contributed by atoms with Crippen LogP contribution in [0.2, 0.25) is 0 Å². The zero-order chi connectivity index (χ0) is 23.8. The minimum absolute atomic E-state index is 0.0397. The molecule has 3 aromatic carbocycles.